The van der Waals surface area contributed by atoms with Gasteiger partial charge < -0.3 is 24.9 Å². The van der Waals surface area contributed by atoms with Crippen LogP contribution in [0.5, 0.6) is 0 Å². The SMILES string of the molecule is CCNC(=NCC(=O)NCc1ccco1)N1CCN(c2ncccn2)CC1. The molecule has 27 heavy (non-hydrogen) atoms. The summed E-state index contributed by atoms with van der Waals surface area (Å²) in [6, 6.07) is 5.43. The number of amides is 1. The molecule has 2 N–H and O–H groups in total. The lowest BCUT2D eigenvalue weighted by atomic mass is 10.3. The minimum Gasteiger partial charge on any atom is -0.467 e. The highest BCUT2D eigenvalue weighted by molar-refractivity contribution is 5.85. The molecule has 0 bridgehead atoms. The van der Waals surface area contributed by atoms with Crippen molar-refractivity contribution >= 4 is 17.8 Å². The number of hydrogen-bond acceptors (Lipinski definition) is 6. The quantitative estimate of drug-likeness (QED) is 0.563. The first kappa shape index (κ1) is 18.7. The van der Waals surface area contributed by atoms with Crippen molar-refractivity contribution in [3.63, 3.8) is 0 Å². The number of furan rings is 1. The zero-order chi connectivity index (χ0) is 18.9. The Morgan fingerprint density at radius 1 is 1.19 bits per heavy atom. The van der Waals surface area contributed by atoms with Gasteiger partial charge in [-0.3, -0.25) is 4.79 Å². The first-order chi connectivity index (χ1) is 13.3. The van der Waals surface area contributed by atoms with Crippen LogP contribution in [0.3, 0.4) is 0 Å². The summed E-state index contributed by atoms with van der Waals surface area (Å²) < 4.78 is 5.20. The van der Waals surface area contributed by atoms with Gasteiger partial charge in [-0.2, -0.15) is 0 Å². The van der Waals surface area contributed by atoms with Gasteiger partial charge in [0.25, 0.3) is 0 Å². The van der Waals surface area contributed by atoms with Crippen LogP contribution in [-0.4, -0.2) is 66.0 Å². The third-order valence-electron chi connectivity index (χ3n) is 4.16. The second-order valence-corrected chi connectivity index (χ2v) is 6.05. The first-order valence-corrected chi connectivity index (χ1v) is 9.10. The van der Waals surface area contributed by atoms with Gasteiger partial charge in [-0.15, -0.1) is 0 Å². The fourth-order valence-corrected chi connectivity index (χ4v) is 2.80. The second-order valence-electron chi connectivity index (χ2n) is 6.05. The second kappa shape index (κ2) is 9.56. The third-order valence-corrected chi connectivity index (χ3v) is 4.16. The zero-order valence-corrected chi connectivity index (χ0v) is 15.5. The molecule has 144 valence electrons. The van der Waals surface area contributed by atoms with Crippen molar-refractivity contribution in [2.24, 2.45) is 4.99 Å². The van der Waals surface area contributed by atoms with Crippen LogP contribution in [0.15, 0.2) is 46.3 Å². The molecule has 3 heterocycles. The molecular weight excluding hydrogens is 346 g/mol. The van der Waals surface area contributed by atoms with Crippen LogP contribution in [0.4, 0.5) is 5.95 Å². The molecule has 3 rings (SSSR count). The molecule has 0 radical (unpaired) electrons. The fraction of sp³-hybridized carbons (Fsp3) is 0.444. The third kappa shape index (κ3) is 5.44. The van der Waals surface area contributed by atoms with Crippen molar-refractivity contribution < 1.29 is 9.21 Å². The minimum absolute atomic E-state index is 0.0745. The molecule has 0 aliphatic carbocycles. The number of piperazine rings is 1. The van der Waals surface area contributed by atoms with Gasteiger partial charge >= 0.3 is 0 Å². The highest BCUT2D eigenvalue weighted by atomic mass is 16.3. The van der Waals surface area contributed by atoms with Gasteiger partial charge in [0.2, 0.25) is 11.9 Å². The van der Waals surface area contributed by atoms with E-state index in [-0.39, 0.29) is 12.5 Å². The molecule has 0 aromatic carbocycles. The lowest BCUT2D eigenvalue weighted by molar-refractivity contribution is -0.119. The van der Waals surface area contributed by atoms with E-state index in [2.05, 4.69) is 35.4 Å². The van der Waals surface area contributed by atoms with Crippen LogP contribution in [0.1, 0.15) is 12.7 Å². The molecule has 1 aliphatic heterocycles. The predicted molar refractivity (Wildman–Crippen MR) is 102 cm³/mol. The van der Waals surface area contributed by atoms with Gasteiger partial charge in [-0.05, 0) is 25.1 Å². The van der Waals surface area contributed by atoms with E-state index >= 15 is 0 Å². The van der Waals surface area contributed by atoms with Crippen LogP contribution < -0.4 is 15.5 Å². The standard InChI is InChI=1S/C18H25N7O2/c1-2-19-17(23-14-16(26)22-13-15-5-3-12-27-15)24-8-10-25(11-9-24)18-20-6-4-7-21-18/h3-7,12H,2,8-11,13-14H2,1H3,(H,19,23)(H,22,26). The number of aromatic nitrogens is 2. The van der Waals surface area contributed by atoms with Crippen molar-refractivity contribution in [3.05, 3.63) is 42.6 Å². The Balaban J connectivity index is 1.50. The van der Waals surface area contributed by atoms with Crippen molar-refractivity contribution in [2.75, 3.05) is 44.2 Å². The van der Waals surface area contributed by atoms with Gasteiger partial charge in [0.15, 0.2) is 5.96 Å². The number of hydrogen-bond donors (Lipinski definition) is 2. The van der Waals surface area contributed by atoms with Gasteiger partial charge in [0.05, 0.1) is 12.8 Å². The topological polar surface area (TPSA) is 98.9 Å². The Morgan fingerprint density at radius 3 is 2.63 bits per heavy atom. The summed E-state index contributed by atoms with van der Waals surface area (Å²) >= 11 is 0. The number of anilines is 1. The van der Waals surface area contributed by atoms with E-state index in [1.807, 2.05) is 19.1 Å². The Bertz CT molecular complexity index is 725. The fourth-order valence-electron chi connectivity index (χ4n) is 2.80. The van der Waals surface area contributed by atoms with Crippen molar-refractivity contribution in [2.45, 2.75) is 13.5 Å². The largest absolute Gasteiger partial charge is 0.467 e. The summed E-state index contributed by atoms with van der Waals surface area (Å²) in [4.78, 5) is 29.4. The minimum atomic E-state index is -0.141. The summed E-state index contributed by atoms with van der Waals surface area (Å²) in [7, 11) is 0. The van der Waals surface area contributed by atoms with E-state index in [0.717, 1.165) is 50.4 Å². The molecule has 0 saturated carbocycles. The number of carbonyl (C=O) groups is 1. The Labute approximate surface area is 158 Å². The van der Waals surface area contributed by atoms with E-state index in [0.29, 0.717) is 6.54 Å². The van der Waals surface area contributed by atoms with Crippen LogP contribution in [-0.2, 0) is 11.3 Å². The molecule has 1 aliphatic rings. The van der Waals surface area contributed by atoms with Gasteiger partial charge in [-0.1, -0.05) is 0 Å². The summed E-state index contributed by atoms with van der Waals surface area (Å²) in [5, 5.41) is 6.06. The van der Waals surface area contributed by atoms with Crippen molar-refractivity contribution in [1.82, 2.24) is 25.5 Å². The average molecular weight is 371 g/mol. The van der Waals surface area contributed by atoms with Crippen LogP contribution >= 0.6 is 0 Å². The molecule has 0 spiro atoms. The molecule has 9 heteroatoms. The van der Waals surface area contributed by atoms with Crippen LogP contribution in [0, 0.1) is 0 Å². The maximum absolute atomic E-state index is 12.0. The van der Waals surface area contributed by atoms with Gasteiger partial charge in [0.1, 0.15) is 12.3 Å². The lowest BCUT2D eigenvalue weighted by Crippen LogP contribution is -2.53. The first-order valence-electron chi connectivity index (χ1n) is 9.10. The smallest absolute Gasteiger partial charge is 0.242 e. The zero-order valence-electron chi connectivity index (χ0n) is 15.5. The highest BCUT2D eigenvalue weighted by Gasteiger charge is 2.21. The van der Waals surface area contributed by atoms with Crippen LogP contribution in [0.2, 0.25) is 0 Å². The molecular formula is C18H25N7O2. The van der Waals surface area contributed by atoms with Crippen molar-refractivity contribution in [3.8, 4) is 0 Å². The molecule has 0 unspecified atom stereocenters. The van der Waals surface area contributed by atoms with Gasteiger partial charge in [-0.25, -0.2) is 15.0 Å². The average Bonchev–Trinajstić information content (AvgIpc) is 3.24. The Hall–Kier alpha value is -3.10. The van der Waals surface area contributed by atoms with E-state index in [4.69, 9.17) is 4.42 Å². The summed E-state index contributed by atoms with van der Waals surface area (Å²) in [6.45, 7) is 6.39. The molecule has 0 atom stereocenters. The summed E-state index contributed by atoms with van der Waals surface area (Å²) in [6.07, 6.45) is 5.09. The number of carbonyl (C=O) groups excluding carboxylic acids is 1. The van der Waals surface area contributed by atoms with E-state index in [1.54, 1.807) is 24.7 Å². The predicted octanol–water partition coefficient (Wildman–Crippen LogP) is 0.474. The number of aliphatic imine (C=N–C) groups is 1. The molecule has 1 fully saturated rings. The number of nitrogens with one attached hydrogen (secondary N) is 2. The van der Waals surface area contributed by atoms with E-state index in [1.165, 1.54) is 0 Å². The maximum atomic E-state index is 12.0. The molecule has 1 saturated heterocycles. The monoisotopic (exact) mass is 371 g/mol. The lowest BCUT2D eigenvalue weighted by Gasteiger charge is -2.36. The van der Waals surface area contributed by atoms with E-state index < -0.39 is 0 Å². The number of guanidine groups is 1. The molecule has 9 nitrogen and oxygen atoms in total. The summed E-state index contributed by atoms with van der Waals surface area (Å²) in [5.41, 5.74) is 0. The Morgan fingerprint density at radius 2 is 1.96 bits per heavy atom. The van der Waals surface area contributed by atoms with Crippen LogP contribution in [0.25, 0.3) is 0 Å². The summed E-state index contributed by atoms with van der Waals surface area (Å²) in [5.74, 6) is 2.08. The molecule has 2 aromatic heterocycles. The molecule has 1 amide bonds. The molecule has 2 aromatic rings. The Kier molecular flexibility index (Phi) is 6.61. The van der Waals surface area contributed by atoms with Crippen molar-refractivity contribution in [1.29, 1.82) is 0 Å². The van der Waals surface area contributed by atoms with E-state index in [9.17, 15) is 4.79 Å². The number of rotatable bonds is 6. The normalized spacial score (nSPS) is 14.9. The maximum Gasteiger partial charge on any atom is 0.242 e. The van der Waals surface area contributed by atoms with Gasteiger partial charge in [0, 0.05) is 45.1 Å². The highest BCUT2D eigenvalue weighted by Crippen LogP contribution is 2.09. The number of nitrogens with zero attached hydrogens (tertiary/aromatic N) is 5.